The number of anilines is 1. The van der Waals surface area contributed by atoms with Crippen LogP contribution in [0.4, 0.5) is 5.95 Å². The van der Waals surface area contributed by atoms with Crippen molar-refractivity contribution in [2.45, 2.75) is 38.6 Å². The van der Waals surface area contributed by atoms with Gasteiger partial charge >= 0.3 is 0 Å². The van der Waals surface area contributed by atoms with Gasteiger partial charge in [0.2, 0.25) is 16.0 Å². The summed E-state index contributed by atoms with van der Waals surface area (Å²) in [6.07, 6.45) is 2.61. The van der Waals surface area contributed by atoms with E-state index in [1.54, 1.807) is 0 Å². The fraction of sp³-hybridized carbons (Fsp3) is 0.636. The lowest BCUT2D eigenvalue weighted by atomic mass is 10.1. The second kappa shape index (κ2) is 6.10. The number of sulfonamides is 1. The van der Waals surface area contributed by atoms with Gasteiger partial charge in [0, 0.05) is 12.6 Å². The lowest BCUT2D eigenvalue weighted by molar-refractivity contribution is 0.476. The first-order valence-corrected chi connectivity index (χ1v) is 7.43. The standard InChI is InChI=1S/C11H20N4O2S/c1-5-12-11-13-6-10(7-14-11)18(16,17)15-9(4)8(2)3/h6-9,15H,5H2,1-4H3,(H,12,13,14). The van der Waals surface area contributed by atoms with Crippen LogP contribution in [0.3, 0.4) is 0 Å². The van der Waals surface area contributed by atoms with Gasteiger partial charge in [-0.15, -0.1) is 0 Å². The molecule has 6 nitrogen and oxygen atoms in total. The molecule has 0 aliphatic heterocycles. The van der Waals surface area contributed by atoms with Crippen molar-refractivity contribution in [1.29, 1.82) is 0 Å². The minimum atomic E-state index is -3.54. The summed E-state index contributed by atoms with van der Waals surface area (Å²) in [6.45, 7) is 8.35. The van der Waals surface area contributed by atoms with E-state index in [1.807, 2.05) is 27.7 Å². The Labute approximate surface area is 108 Å². The Morgan fingerprint density at radius 3 is 2.22 bits per heavy atom. The molecule has 0 spiro atoms. The summed E-state index contributed by atoms with van der Waals surface area (Å²) in [4.78, 5) is 7.97. The molecule has 1 aromatic heterocycles. The van der Waals surface area contributed by atoms with Crippen LogP contribution in [-0.4, -0.2) is 31.0 Å². The monoisotopic (exact) mass is 272 g/mol. The first-order chi connectivity index (χ1) is 8.36. The number of rotatable bonds is 6. The van der Waals surface area contributed by atoms with Crippen molar-refractivity contribution in [3.8, 4) is 0 Å². The third-order valence-electron chi connectivity index (χ3n) is 2.61. The maximum absolute atomic E-state index is 12.0. The molecule has 0 radical (unpaired) electrons. The van der Waals surface area contributed by atoms with Crippen LogP contribution in [0.15, 0.2) is 17.3 Å². The number of aromatic nitrogens is 2. The zero-order valence-corrected chi connectivity index (χ0v) is 12.0. The Hall–Kier alpha value is -1.21. The van der Waals surface area contributed by atoms with Crippen molar-refractivity contribution < 1.29 is 8.42 Å². The summed E-state index contributed by atoms with van der Waals surface area (Å²) in [6, 6.07) is -0.136. The Morgan fingerprint density at radius 2 is 1.78 bits per heavy atom. The van der Waals surface area contributed by atoms with Crippen molar-refractivity contribution in [2.75, 3.05) is 11.9 Å². The summed E-state index contributed by atoms with van der Waals surface area (Å²) in [5.74, 6) is 0.648. The lowest BCUT2D eigenvalue weighted by Crippen LogP contribution is -2.36. The van der Waals surface area contributed by atoms with Crippen LogP contribution in [0.5, 0.6) is 0 Å². The van der Waals surface area contributed by atoms with Crippen LogP contribution in [-0.2, 0) is 10.0 Å². The van der Waals surface area contributed by atoms with Gasteiger partial charge in [-0.05, 0) is 19.8 Å². The van der Waals surface area contributed by atoms with Gasteiger partial charge in [-0.1, -0.05) is 13.8 Å². The highest BCUT2D eigenvalue weighted by atomic mass is 32.2. The molecular formula is C11H20N4O2S. The first kappa shape index (κ1) is 14.8. The smallest absolute Gasteiger partial charge is 0.243 e. The molecule has 1 rings (SSSR count). The summed E-state index contributed by atoms with van der Waals surface area (Å²) < 4.78 is 26.6. The molecule has 0 saturated carbocycles. The molecule has 1 unspecified atom stereocenters. The normalized spacial score (nSPS) is 13.6. The van der Waals surface area contributed by atoms with Crippen molar-refractivity contribution in [3.05, 3.63) is 12.4 Å². The van der Waals surface area contributed by atoms with Crippen molar-refractivity contribution in [2.24, 2.45) is 5.92 Å². The molecule has 0 saturated heterocycles. The molecule has 0 aliphatic rings. The third-order valence-corrected chi connectivity index (χ3v) is 4.13. The minimum absolute atomic E-state index is 0.0802. The van der Waals surface area contributed by atoms with E-state index in [1.165, 1.54) is 12.4 Å². The molecule has 18 heavy (non-hydrogen) atoms. The second-order valence-electron chi connectivity index (χ2n) is 4.43. The molecule has 102 valence electrons. The number of hydrogen-bond acceptors (Lipinski definition) is 5. The van der Waals surface area contributed by atoms with E-state index in [9.17, 15) is 8.42 Å². The van der Waals surface area contributed by atoms with Crippen LogP contribution in [0.1, 0.15) is 27.7 Å². The molecule has 0 bridgehead atoms. The number of nitrogens with one attached hydrogen (secondary N) is 2. The molecule has 0 fully saturated rings. The van der Waals surface area contributed by atoms with Gasteiger partial charge in [-0.25, -0.2) is 23.1 Å². The van der Waals surface area contributed by atoms with Crippen molar-refractivity contribution in [3.63, 3.8) is 0 Å². The zero-order valence-electron chi connectivity index (χ0n) is 11.1. The largest absolute Gasteiger partial charge is 0.355 e. The van der Waals surface area contributed by atoms with Gasteiger partial charge in [-0.2, -0.15) is 0 Å². The third kappa shape index (κ3) is 3.92. The molecule has 1 atom stereocenters. The Balaban J connectivity index is 2.85. The van der Waals surface area contributed by atoms with Gasteiger partial charge in [-0.3, -0.25) is 0 Å². The molecule has 0 amide bonds. The van der Waals surface area contributed by atoms with E-state index in [-0.39, 0.29) is 16.9 Å². The second-order valence-corrected chi connectivity index (χ2v) is 6.14. The van der Waals surface area contributed by atoms with Crippen LogP contribution in [0.2, 0.25) is 0 Å². The van der Waals surface area contributed by atoms with Crippen molar-refractivity contribution in [1.82, 2.24) is 14.7 Å². The molecule has 2 N–H and O–H groups in total. The highest BCUT2D eigenvalue weighted by Crippen LogP contribution is 2.10. The van der Waals surface area contributed by atoms with Gasteiger partial charge in [0.15, 0.2) is 0 Å². The van der Waals surface area contributed by atoms with E-state index in [2.05, 4.69) is 20.0 Å². The summed E-state index contributed by atoms with van der Waals surface area (Å²) in [7, 11) is -3.54. The van der Waals surface area contributed by atoms with E-state index in [0.717, 1.165) is 0 Å². The van der Waals surface area contributed by atoms with Gasteiger partial charge in [0.1, 0.15) is 4.90 Å². The Morgan fingerprint density at radius 1 is 1.22 bits per heavy atom. The van der Waals surface area contributed by atoms with Crippen LogP contribution < -0.4 is 10.0 Å². The molecule has 1 heterocycles. The topological polar surface area (TPSA) is 84.0 Å². The van der Waals surface area contributed by atoms with Crippen molar-refractivity contribution >= 4 is 16.0 Å². The summed E-state index contributed by atoms with van der Waals surface area (Å²) in [5.41, 5.74) is 0. The fourth-order valence-corrected chi connectivity index (χ4v) is 2.43. The molecule has 1 aromatic rings. The maximum atomic E-state index is 12.0. The Kier molecular flexibility index (Phi) is 5.03. The van der Waals surface area contributed by atoms with E-state index < -0.39 is 10.0 Å². The highest BCUT2D eigenvalue weighted by Gasteiger charge is 2.19. The van der Waals surface area contributed by atoms with Gasteiger partial charge in [0.05, 0.1) is 12.4 Å². The number of nitrogens with zero attached hydrogens (tertiary/aromatic N) is 2. The van der Waals surface area contributed by atoms with Gasteiger partial charge < -0.3 is 5.32 Å². The van der Waals surface area contributed by atoms with E-state index in [0.29, 0.717) is 12.5 Å². The lowest BCUT2D eigenvalue weighted by Gasteiger charge is -2.17. The summed E-state index contributed by atoms with van der Waals surface area (Å²) in [5, 5.41) is 2.91. The molecule has 7 heteroatoms. The van der Waals surface area contributed by atoms with Crippen LogP contribution in [0, 0.1) is 5.92 Å². The van der Waals surface area contributed by atoms with Crippen LogP contribution >= 0.6 is 0 Å². The molecule has 0 aromatic carbocycles. The first-order valence-electron chi connectivity index (χ1n) is 5.95. The highest BCUT2D eigenvalue weighted by molar-refractivity contribution is 7.89. The Bertz CT molecular complexity index is 470. The van der Waals surface area contributed by atoms with E-state index in [4.69, 9.17) is 0 Å². The van der Waals surface area contributed by atoms with Gasteiger partial charge in [0.25, 0.3) is 0 Å². The summed E-state index contributed by atoms with van der Waals surface area (Å²) >= 11 is 0. The molecular weight excluding hydrogens is 252 g/mol. The van der Waals surface area contributed by atoms with E-state index >= 15 is 0 Å². The molecule has 0 aliphatic carbocycles. The zero-order chi connectivity index (χ0) is 13.8. The predicted molar refractivity (Wildman–Crippen MR) is 70.8 cm³/mol. The minimum Gasteiger partial charge on any atom is -0.355 e. The average molecular weight is 272 g/mol. The number of hydrogen-bond donors (Lipinski definition) is 2. The average Bonchev–Trinajstić information content (AvgIpc) is 2.29. The maximum Gasteiger partial charge on any atom is 0.243 e. The fourth-order valence-electron chi connectivity index (χ4n) is 1.15. The van der Waals surface area contributed by atoms with Crippen LogP contribution in [0.25, 0.3) is 0 Å². The SMILES string of the molecule is CCNc1ncc(S(=O)(=O)NC(C)C(C)C)cn1. The quantitative estimate of drug-likeness (QED) is 0.813. The predicted octanol–water partition coefficient (Wildman–Crippen LogP) is 1.23.